The van der Waals surface area contributed by atoms with Crippen LogP contribution in [0.4, 0.5) is 11.6 Å². The molecule has 0 saturated heterocycles. The highest BCUT2D eigenvalue weighted by Crippen LogP contribution is 2.07. The predicted molar refractivity (Wildman–Crippen MR) is 74.3 cm³/mol. The lowest BCUT2D eigenvalue weighted by Crippen LogP contribution is -2.04. The molecule has 4 nitrogen and oxygen atoms in total. The fourth-order valence-corrected chi connectivity index (χ4v) is 1.78. The molecular weight excluding hydrogens is 224 g/mol. The number of nitrogen functional groups attached to an aromatic ring is 1. The Bertz CT molecular complexity index is 470. The first kappa shape index (κ1) is 12.4. The summed E-state index contributed by atoms with van der Waals surface area (Å²) in [5, 5.41) is 3.24. The maximum Gasteiger partial charge on any atom is 0.131 e. The Morgan fingerprint density at radius 2 is 1.89 bits per heavy atom. The second-order valence-electron chi connectivity index (χ2n) is 4.20. The van der Waals surface area contributed by atoms with Gasteiger partial charge in [0.15, 0.2) is 0 Å². The van der Waals surface area contributed by atoms with Crippen molar-refractivity contribution in [2.24, 2.45) is 0 Å². The molecule has 0 bridgehead atoms. The number of nitrogens with two attached hydrogens (primary N) is 1. The average molecular weight is 242 g/mol. The van der Waals surface area contributed by atoms with Gasteiger partial charge >= 0.3 is 0 Å². The monoisotopic (exact) mass is 242 g/mol. The first-order chi connectivity index (χ1) is 8.84. The Balaban J connectivity index is 1.65. The second-order valence-corrected chi connectivity index (χ2v) is 4.20. The van der Waals surface area contributed by atoms with E-state index in [1.165, 1.54) is 11.9 Å². The normalized spacial score (nSPS) is 10.2. The van der Waals surface area contributed by atoms with Crippen LogP contribution in [-0.4, -0.2) is 16.5 Å². The summed E-state index contributed by atoms with van der Waals surface area (Å²) in [7, 11) is 0. The molecule has 18 heavy (non-hydrogen) atoms. The molecule has 94 valence electrons. The van der Waals surface area contributed by atoms with Crippen LogP contribution < -0.4 is 11.1 Å². The summed E-state index contributed by atoms with van der Waals surface area (Å²) < 4.78 is 0. The molecule has 3 N–H and O–H groups in total. The zero-order valence-electron chi connectivity index (χ0n) is 10.3. The summed E-state index contributed by atoms with van der Waals surface area (Å²) in [6, 6.07) is 12.3. The number of hydrogen-bond acceptors (Lipinski definition) is 4. The number of nitrogens with one attached hydrogen (secondary N) is 1. The van der Waals surface area contributed by atoms with Gasteiger partial charge in [-0.05, 0) is 24.8 Å². The first-order valence-electron chi connectivity index (χ1n) is 6.20. The third kappa shape index (κ3) is 4.05. The minimum absolute atomic E-state index is 0.497. The van der Waals surface area contributed by atoms with Gasteiger partial charge in [-0.1, -0.05) is 30.3 Å². The van der Waals surface area contributed by atoms with Crippen molar-refractivity contribution in [3.8, 4) is 0 Å². The highest BCUT2D eigenvalue weighted by atomic mass is 15.0. The number of anilines is 2. The molecule has 0 spiro atoms. The van der Waals surface area contributed by atoms with Crippen LogP contribution in [0, 0.1) is 0 Å². The largest absolute Gasteiger partial charge is 0.384 e. The molecule has 1 aromatic heterocycles. The van der Waals surface area contributed by atoms with E-state index in [1.807, 2.05) is 6.07 Å². The van der Waals surface area contributed by atoms with Crippen LogP contribution in [0.2, 0.25) is 0 Å². The summed E-state index contributed by atoms with van der Waals surface area (Å²) in [4.78, 5) is 7.94. The molecule has 0 saturated carbocycles. The number of aromatic nitrogens is 2. The number of aryl methyl sites for hydroxylation is 1. The van der Waals surface area contributed by atoms with Gasteiger partial charge in [-0.25, -0.2) is 9.97 Å². The van der Waals surface area contributed by atoms with Gasteiger partial charge in [-0.2, -0.15) is 0 Å². The quantitative estimate of drug-likeness (QED) is 0.764. The maximum absolute atomic E-state index is 5.57. The summed E-state index contributed by atoms with van der Waals surface area (Å²) in [6.07, 6.45) is 4.87. The lowest BCUT2D eigenvalue weighted by molar-refractivity contribution is 0.761. The average Bonchev–Trinajstić information content (AvgIpc) is 2.40. The van der Waals surface area contributed by atoms with Gasteiger partial charge in [0, 0.05) is 12.6 Å². The Kier molecular flexibility index (Phi) is 4.53. The van der Waals surface area contributed by atoms with E-state index in [0.29, 0.717) is 5.82 Å². The number of unbranched alkanes of at least 4 members (excludes halogenated alkanes) is 1. The van der Waals surface area contributed by atoms with E-state index < -0.39 is 0 Å². The molecule has 1 heterocycles. The standard InChI is InChI=1S/C14H18N4/c15-13-10-14(18-11-17-13)16-9-5-4-8-12-6-2-1-3-7-12/h1-3,6-7,10-11H,4-5,8-9H2,(H3,15,16,17,18). The highest BCUT2D eigenvalue weighted by Gasteiger charge is 1.95. The summed E-state index contributed by atoms with van der Waals surface area (Å²) in [5.74, 6) is 1.29. The number of hydrogen-bond donors (Lipinski definition) is 2. The van der Waals surface area contributed by atoms with Crippen molar-refractivity contribution in [3.05, 3.63) is 48.3 Å². The van der Waals surface area contributed by atoms with Crippen molar-refractivity contribution >= 4 is 11.6 Å². The zero-order valence-corrected chi connectivity index (χ0v) is 10.3. The van der Waals surface area contributed by atoms with E-state index in [-0.39, 0.29) is 0 Å². The predicted octanol–water partition coefficient (Wildman–Crippen LogP) is 2.49. The number of nitrogens with zero attached hydrogens (tertiary/aromatic N) is 2. The van der Waals surface area contributed by atoms with Crippen molar-refractivity contribution in [2.45, 2.75) is 19.3 Å². The molecular formula is C14H18N4. The highest BCUT2D eigenvalue weighted by molar-refractivity contribution is 5.43. The third-order valence-corrected chi connectivity index (χ3v) is 2.73. The molecule has 0 radical (unpaired) electrons. The van der Waals surface area contributed by atoms with Crippen LogP contribution in [-0.2, 0) is 6.42 Å². The van der Waals surface area contributed by atoms with Crippen LogP contribution in [0.15, 0.2) is 42.7 Å². The minimum atomic E-state index is 0.497. The van der Waals surface area contributed by atoms with Gasteiger partial charge in [-0.15, -0.1) is 0 Å². The van der Waals surface area contributed by atoms with E-state index in [1.54, 1.807) is 6.07 Å². The lowest BCUT2D eigenvalue weighted by Gasteiger charge is -2.05. The van der Waals surface area contributed by atoms with E-state index in [0.717, 1.165) is 31.6 Å². The van der Waals surface area contributed by atoms with Crippen LogP contribution >= 0.6 is 0 Å². The molecule has 0 amide bonds. The molecule has 2 rings (SSSR count). The fourth-order valence-electron chi connectivity index (χ4n) is 1.78. The van der Waals surface area contributed by atoms with Crippen molar-refractivity contribution in [1.29, 1.82) is 0 Å². The van der Waals surface area contributed by atoms with Crippen molar-refractivity contribution in [3.63, 3.8) is 0 Å². The van der Waals surface area contributed by atoms with Crippen LogP contribution in [0.3, 0.4) is 0 Å². The van der Waals surface area contributed by atoms with Crippen LogP contribution in [0.25, 0.3) is 0 Å². The number of benzene rings is 1. The summed E-state index contributed by atoms with van der Waals surface area (Å²) in [6.45, 7) is 0.906. The third-order valence-electron chi connectivity index (χ3n) is 2.73. The Labute approximate surface area is 107 Å². The van der Waals surface area contributed by atoms with Gasteiger partial charge in [0.25, 0.3) is 0 Å². The SMILES string of the molecule is Nc1cc(NCCCCc2ccccc2)ncn1. The molecule has 0 unspecified atom stereocenters. The van der Waals surface area contributed by atoms with Crippen LogP contribution in [0.1, 0.15) is 18.4 Å². The van der Waals surface area contributed by atoms with E-state index >= 15 is 0 Å². The fraction of sp³-hybridized carbons (Fsp3) is 0.286. The maximum atomic E-state index is 5.57. The Morgan fingerprint density at radius 1 is 1.06 bits per heavy atom. The van der Waals surface area contributed by atoms with E-state index in [2.05, 4.69) is 39.6 Å². The van der Waals surface area contributed by atoms with Gasteiger partial charge < -0.3 is 11.1 Å². The van der Waals surface area contributed by atoms with E-state index in [4.69, 9.17) is 5.73 Å². The molecule has 0 aliphatic heterocycles. The van der Waals surface area contributed by atoms with Crippen molar-refractivity contribution in [2.75, 3.05) is 17.6 Å². The summed E-state index contributed by atoms with van der Waals surface area (Å²) in [5.41, 5.74) is 6.97. The molecule has 4 heteroatoms. The number of rotatable bonds is 6. The summed E-state index contributed by atoms with van der Waals surface area (Å²) >= 11 is 0. The van der Waals surface area contributed by atoms with Gasteiger partial charge in [-0.3, -0.25) is 0 Å². The van der Waals surface area contributed by atoms with Gasteiger partial charge in [0.2, 0.25) is 0 Å². The van der Waals surface area contributed by atoms with Crippen LogP contribution in [0.5, 0.6) is 0 Å². The second kappa shape index (κ2) is 6.59. The molecule has 0 aliphatic carbocycles. The van der Waals surface area contributed by atoms with Gasteiger partial charge in [0.05, 0.1) is 0 Å². The van der Waals surface area contributed by atoms with Crippen molar-refractivity contribution in [1.82, 2.24) is 9.97 Å². The van der Waals surface area contributed by atoms with Gasteiger partial charge in [0.1, 0.15) is 18.0 Å². The lowest BCUT2D eigenvalue weighted by atomic mass is 10.1. The topological polar surface area (TPSA) is 63.8 Å². The van der Waals surface area contributed by atoms with E-state index in [9.17, 15) is 0 Å². The first-order valence-corrected chi connectivity index (χ1v) is 6.20. The zero-order chi connectivity index (χ0) is 12.6. The minimum Gasteiger partial charge on any atom is -0.384 e. The smallest absolute Gasteiger partial charge is 0.131 e. The Hall–Kier alpha value is -2.10. The molecule has 0 fully saturated rings. The Morgan fingerprint density at radius 3 is 2.67 bits per heavy atom. The molecule has 1 aromatic carbocycles. The van der Waals surface area contributed by atoms with Crippen molar-refractivity contribution < 1.29 is 0 Å². The molecule has 2 aromatic rings. The molecule has 0 aliphatic rings. The molecule has 0 atom stereocenters.